The molecule has 0 aliphatic rings. The Morgan fingerprint density at radius 3 is 2.17 bits per heavy atom. The Labute approximate surface area is 175 Å². The highest BCUT2D eigenvalue weighted by Gasteiger charge is 2.21. The largest absolute Gasteiger partial charge is 0.335 e. The molecule has 0 aromatic heterocycles. The van der Waals surface area contributed by atoms with Crippen molar-refractivity contribution in [1.29, 1.82) is 0 Å². The third-order valence-electron chi connectivity index (χ3n) is 4.34. The van der Waals surface area contributed by atoms with Crippen molar-refractivity contribution in [2.45, 2.75) is 45.8 Å². The number of fused-ring (bicyclic) bond motifs is 3. The van der Waals surface area contributed by atoms with Gasteiger partial charge in [0, 0.05) is 5.56 Å². The number of urea groups is 1. The van der Waals surface area contributed by atoms with Crippen molar-refractivity contribution in [3.63, 3.8) is 0 Å². The molecule has 0 aliphatic carbocycles. The second-order valence-corrected chi connectivity index (χ2v) is 8.65. The maximum Gasteiger partial charge on any atom is 0.335 e. The van der Waals surface area contributed by atoms with Crippen molar-refractivity contribution in [3.8, 4) is 0 Å². The lowest BCUT2D eigenvalue weighted by atomic mass is 9.98. The number of hydrogen-bond donors (Lipinski definition) is 3. The molecular formula is C23H27N5O2. The van der Waals surface area contributed by atoms with Crippen LogP contribution in [0.25, 0.3) is 21.5 Å². The number of hydrazine groups is 1. The lowest BCUT2D eigenvalue weighted by Crippen LogP contribution is -2.52. The molecule has 7 nitrogen and oxygen atoms in total. The average molecular weight is 406 g/mol. The Hall–Kier alpha value is -3.48. The first-order valence-corrected chi connectivity index (χ1v) is 9.79. The van der Waals surface area contributed by atoms with Gasteiger partial charge >= 0.3 is 6.03 Å². The molecule has 3 aromatic rings. The Morgan fingerprint density at radius 1 is 0.733 bits per heavy atom. The summed E-state index contributed by atoms with van der Waals surface area (Å²) < 4.78 is 0. The van der Waals surface area contributed by atoms with Crippen molar-refractivity contribution in [3.05, 3.63) is 60.2 Å². The maximum absolute atomic E-state index is 12.7. The summed E-state index contributed by atoms with van der Waals surface area (Å²) >= 11 is 0. The van der Waals surface area contributed by atoms with Crippen molar-refractivity contribution in [1.82, 2.24) is 16.2 Å². The number of azo groups is 1. The normalized spacial score (nSPS) is 12.3. The molecular weight excluding hydrogens is 378 g/mol. The van der Waals surface area contributed by atoms with E-state index in [0.717, 1.165) is 21.5 Å². The first-order chi connectivity index (χ1) is 14.1. The van der Waals surface area contributed by atoms with Crippen LogP contribution in [0.1, 0.15) is 45.0 Å². The summed E-state index contributed by atoms with van der Waals surface area (Å²) in [4.78, 5) is 24.9. The van der Waals surface area contributed by atoms with Crippen LogP contribution >= 0.6 is 0 Å². The van der Waals surface area contributed by atoms with Gasteiger partial charge in [-0.25, -0.2) is 10.2 Å². The fourth-order valence-corrected chi connectivity index (χ4v) is 3.03. The fourth-order valence-electron chi connectivity index (χ4n) is 3.03. The third kappa shape index (κ3) is 5.11. The monoisotopic (exact) mass is 405 g/mol. The topological polar surface area (TPSA) is 94.9 Å². The van der Waals surface area contributed by atoms with E-state index in [1.165, 1.54) is 0 Å². The Morgan fingerprint density at radius 2 is 1.43 bits per heavy atom. The smallest absolute Gasteiger partial charge is 0.311 e. The number of carbonyl (C=O) groups is 2. The zero-order chi connectivity index (χ0) is 21.9. The summed E-state index contributed by atoms with van der Waals surface area (Å²) in [6, 6.07) is 16.9. The van der Waals surface area contributed by atoms with Gasteiger partial charge in [-0.05, 0) is 62.2 Å². The number of carbonyl (C=O) groups excluding carboxylic acids is 2. The molecule has 156 valence electrons. The highest BCUT2D eigenvalue weighted by Crippen LogP contribution is 2.27. The van der Waals surface area contributed by atoms with Crippen LogP contribution in [0.2, 0.25) is 0 Å². The second kappa shape index (κ2) is 8.10. The molecule has 3 amide bonds. The lowest BCUT2D eigenvalue weighted by molar-refractivity contribution is 0.0936. The van der Waals surface area contributed by atoms with Crippen molar-refractivity contribution in [2.75, 3.05) is 0 Å². The predicted molar refractivity (Wildman–Crippen MR) is 119 cm³/mol. The lowest BCUT2D eigenvalue weighted by Gasteiger charge is -2.22. The minimum atomic E-state index is -0.916. The van der Waals surface area contributed by atoms with E-state index in [0.29, 0.717) is 5.56 Å². The van der Waals surface area contributed by atoms with Crippen LogP contribution in [0.4, 0.5) is 4.79 Å². The van der Waals surface area contributed by atoms with Gasteiger partial charge in [0.25, 0.3) is 5.91 Å². The molecule has 30 heavy (non-hydrogen) atoms. The zero-order valence-corrected chi connectivity index (χ0v) is 17.9. The first kappa shape index (κ1) is 21.2. The Kier molecular flexibility index (Phi) is 5.73. The molecule has 0 heterocycles. The number of amides is 3. The van der Waals surface area contributed by atoms with Gasteiger partial charge in [0.05, 0.1) is 5.54 Å². The highest BCUT2D eigenvalue weighted by atomic mass is 16.2. The van der Waals surface area contributed by atoms with Gasteiger partial charge in [0.15, 0.2) is 0 Å². The predicted octanol–water partition coefficient (Wildman–Crippen LogP) is 4.92. The van der Waals surface area contributed by atoms with E-state index >= 15 is 0 Å². The standard InChI is InChI=1S/C23H27N5O2/c1-22(2,3)27-28-23(4,5)24-21(30)26-25-20(29)19-12-8-11-17-16-10-7-6-9-15(16)13-14-18(17)19/h6-14H,1-5H3,(H,25,29)(H2,24,26,30). The summed E-state index contributed by atoms with van der Waals surface area (Å²) in [6.45, 7) is 9.19. The van der Waals surface area contributed by atoms with Crippen LogP contribution in [0, 0.1) is 0 Å². The number of benzene rings is 3. The SMILES string of the molecule is CC(C)(C)N=NC(C)(C)NC(=O)NNC(=O)c1cccc2c1ccc1ccccc12. The molecule has 3 N–H and O–H groups in total. The van der Waals surface area contributed by atoms with Gasteiger partial charge in [-0.2, -0.15) is 10.2 Å². The molecule has 7 heteroatoms. The number of hydrogen-bond acceptors (Lipinski definition) is 4. The van der Waals surface area contributed by atoms with Crippen molar-refractivity contribution >= 4 is 33.5 Å². The summed E-state index contributed by atoms with van der Waals surface area (Å²) in [5.74, 6) is -0.403. The second-order valence-electron chi connectivity index (χ2n) is 8.65. The Bertz CT molecular complexity index is 1130. The first-order valence-electron chi connectivity index (χ1n) is 9.79. The van der Waals surface area contributed by atoms with Gasteiger partial charge in [0.2, 0.25) is 0 Å². The summed E-state index contributed by atoms with van der Waals surface area (Å²) in [7, 11) is 0. The third-order valence-corrected chi connectivity index (χ3v) is 4.34. The Balaban J connectivity index is 1.72. The molecule has 0 saturated carbocycles. The number of nitrogens with zero attached hydrogens (tertiary/aromatic N) is 2. The highest BCUT2D eigenvalue weighted by molar-refractivity contribution is 6.15. The van der Waals surface area contributed by atoms with Crippen molar-refractivity contribution in [2.24, 2.45) is 10.2 Å². The average Bonchev–Trinajstić information content (AvgIpc) is 2.69. The van der Waals surface area contributed by atoms with Crippen LogP contribution in [0.5, 0.6) is 0 Å². The molecule has 3 rings (SSSR count). The molecule has 0 unspecified atom stereocenters. The van der Waals surface area contributed by atoms with Crippen molar-refractivity contribution < 1.29 is 9.59 Å². The maximum atomic E-state index is 12.7. The summed E-state index contributed by atoms with van der Waals surface area (Å²) in [5.41, 5.74) is 4.06. The van der Waals surface area contributed by atoms with E-state index in [1.807, 2.05) is 69.3 Å². The molecule has 0 saturated heterocycles. The minimum absolute atomic E-state index is 0.345. The van der Waals surface area contributed by atoms with Gasteiger partial charge in [0.1, 0.15) is 5.66 Å². The molecule has 3 aromatic carbocycles. The molecule has 0 spiro atoms. The molecule has 0 aliphatic heterocycles. The van der Waals surface area contributed by atoms with Crippen LogP contribution in [0.15, 0.2) is 64.8 Å². The van der Waals surface area contributed by atoms with E-state index in [1.54, 1.807) is 19.9 Å². The van der Waals surface area contributed by atoms with Crippen LogP contribution in [-0.4, -0.2) is 23.1 Å². The van der Waals surface area contributed by atoms with Gasteiger partial charge in [-0.3, -0.25) is 10.2 Å². The minimum Gasteiger partial charge on any atom is -0.311 e. The van der Waals surface area contributed by atoms with Gasteiger partial charge < -0.3 is 5.32 Å². The molecule has 0 fully saturated rings. The van der Waals surface area contributed by atoms with Crippen LogP contribution < -0.4 is 16.2 Å². The van der Waals surface area contributed by atoms with E-state index in [9.17, 15) is 9.59 Å². The zero-order valence-electron chi connectivity index (χ0n) is 17.9. The molecule has 0 bridgehead atoms. The number of nitrogens with one attached hydrogen (secondary N) is 3. The summed E-state index contributed by atoms with van der Waals surface area (Å²) in [5, 5.41) is 15.0. The summed E-state index contributed by atoms with van der Waals surface area (Å²) in [6.07, 6.45) is 0. The van der Waals surface area contributed by atoms with E-state index in [4.69, 9.17) is 0 Å². The fraction of sp³-hybridized carbons (Fsp3) is 0.304. The number of rotatable bonds is 3. The van der Waals surface area contributed by atoms with E-state index < -0.39 is 17.6 Å². The van der Waals surface area contributed by atoms with Gasteiger partial charge in [-0.15, -0.1) is 0 Å². The quantitative estimate of drug-likeness (QED) is 0.327. The van der Waals surface area contributed by atoms with Crippen LogP contribution in [0.3, 0.4) is 0 Å². The van der Waals surface area contributed by atoms with Gasteiger partial charge in [-0.1, -0.05) is 48.5 Å². The molecule has 0 atom stereocenters. The van der Waals surface area contributed by atoms with E-state index in [-0.39, 0.29) is 5.54 Å². The molecule has 0 radical (unpaired) electrons. The van der Waals surface area contributed by atoms with E-state index in [2.05, 4.69) is 26.4 Å². The van der Waals surface area contributed by atoms with Crippen LogP contribution in [-0.2, 0) is 0 Å².